The molecule has 7 nitrogen and oxygen atoms in total. The van der Waals surface area contributed by atoms with E-state index in [0.717, 1.165) is 39.1 Å². The third-order valence-electron chi connectivity index (χ3n) is 3.51. The number of hydrogen-bond donors (Lipinski definition) is 2. The van der Waals surface area contributed by atoms with Gasteiger partial charge in [-0.2, -0.15) is 0 Å². The number of nitrogens with zero attached hydrogens (tertiary/aromatic N) is 3. The molecule has 114 valence electrons. The molecule has 1 aromatic heterocycles. The van der Waals surface area contributed by atoms with Crippen LogP contribution in [0.25, 0.3) is 0 Å². The Morgan fingerprint density at radius 2 is 2.05 bits per heavy atom. The number of piperazine rings is 1. The predicted molar refractivity (Wildman–Crippen MR) is 77.1 cm³/mol. The van der Waals surface area contributed by atoms with E-state index < -0.39 is 10.0 Å². The van der Waals surface area contributed by atoms with Crippen molar-refractivity contribution in [3.8, 4) is 0 Å². The van der Waals surface area contributed by atoms with Crippen LogP contribution in [0.15, 0.2) is 11.2 Å². The molecule has 8 heteroatoms. The Labute approximate surface area is 120 Å². The Hall–Kier alpha value is -0.960. The van der Waals surface area contributed by atoms with Crippen LogP contribution in [0.1, 0.15) is 12.2 Å². The molecular formula is C12H23N5O2S. The van der Waals surface area contributed by atoms with Gasteiger partial charge in [0.25, 0.3) is 10.0 Å². The summed E-state index contributed by atoms with van der Waals surface area (Å²) in [6, 6.07) is 0. The van der Waals surface area contributed by atoms with Crippen molar-refractivity contribution < 1.29 is 8.42 Å². The van der Waals surface area contributed by atoms with E-state index in [2.05, 4.69) is 31.5 Å². The number of rotatable bonds is 6. The van der Waals surface area contributed by atoms with E-state index in [-0.39, 0.29) is 5.03 Å². The highest BCUT2D eigenvalue weighted by atomic mass is 32.2. The SMILES string of the molecule is Cc1ncc(S(=O)(=O)NCCCN2CCN(C)CC2)[nH]1. The van der Waals surface area contributed by atoms with Crippen molar-refractivity contribution in [2.45, 2.75) is 18.4 Å². The fourth-order valence-electron chi connectivity index (χ4n) is 2.19. The van der Waals surface area contributed by atoms with Gasteiger partial charge < -0.3 is 14.8 Å². The Morgan fingerprint density at radius 3 is 2.65 bits per heavy atom. The molecule has 1 aromatic rings. The van der Waals surface area contributed by atoms with Crippen LogP contribution in [-0.2, 0) is 10.0 Å². The standard InChI is InChI=1S/C12H23N5O2S/c1-11-13-10-12(15-11)20(18,19)14-4-3-5-17-8-6-16(2)7-9-17/h10,14H,3-9H2,1-2H3,(H,13,15). The van der Waals surface area contributed by atoms with Crippen LogP contribution in [0.4, 0.5) is 0 Å². The van der Waals surface area contributed by atoms with Crippen LogP contribution in [0.2, 0.25) is 0 Å². The van der Waals surface area contributed by atoms with E-state index in [0.29, 0.717) is 12.4 Å². The van der Waals surface area contributed by atoms with E-state index in [1.807, 2.05) is 0 Å². The molecule has 2 N–H and O–H groups in total. The Balaban J connectivity index is 1.70. The minimum Gasteiger partial charge on any atom is -0.332 e. The number of likely N-dealkylation sites (N-methyl/N-ethyl adjacent to an activating group) is 1. The second-order valence-corrected chi connectivity index (χ2v) is 6.96. The lowest BCUT2D eigenvalue weighted by molar-refractivity contribution is 0.153. The molecule has 0 saturated carbocycles. The first-order valence-electron chi connectivity index (χ1n) is 6.89. The molecule has 0 bridgehead atoms. The van der Waals surface area contributed by atoms with Gasteiger partial charge in [-0.1, -0.05) is 0 Å². The van der Waals surface area contributed by atoms with E-state index in [4.69, 9.17) is 0 Å². The monoisotopic (exact) mass is 301 g/mol. The van der Waals surface area contributed by atoms with Crippen LogP contribution in [-0.4, -0.2) is 74.5 Å². The highest BCUT2D eigenvalue weighted by molar-refractivity contribution is 7.89. The second-order valence-electron chi connectivity index (χ2n) is 5.23. The highest BCUT2D eigenvalue weighted by Gasteiger charge is 2.16. The predicted octanol–water partition coefficient (Wildman–Crippen LogP) is -0.366. The zero-order valence-corrected chi connectivity index (χ0v) is 12.9. The summed E-state index contributed by atoms with van der Waals surface area (Å²) in [5, 5.41) is 0.134. The lowest BCUT2D eigenvalue weighted by Crippen LogP contribution is -2.45. The summed E-state index contributed by atoms with van der Waals surface area (Å²) in [6.45, 7) is 7.39. The minimum atomic E-state index is -3.45. The molecule has 0 radical (unpaired) electrons. The van der Waals surface area contributed by atoms with Gasteiger partial charge in [0.05, 0.1) is 6.20 Å². The van der Waals surface area contributed by atoms with E-state index in [1.165, 1.54) is 6.20 Å². The summed E-state index contributed by atoms with van der Waals surface area (Å²) < 4.78 is 26.5. The molecule has 1 saturated heterocycles. The summed E-state index contributed by atoms with van der Waals surface area (Å²) in [5.41, 5.74) is 0. The molecule has 0 amide bonds. The van der Waals surface area contributed by atoms with Crippen LogP contribution in [0.3, 0.4) is 0 Å². The first-order chi connectivity index (χ1) is 9.47. The molecule has 0 aliphatic carbocycles. The van der Waals surface area contributed by atoms with Gasteiger partial charge in [0.2, 0.25) is 0 Å². The number of hydrogen-bond acceptors (Lipinski definition) is 5. The Kier molecular flexibility index (Phi) is 5.14. The van der Waals surface area contributed by atoms with Gasteiger partial charge in [0.15, 0.2) is 5.03 Å². The van der Waals surface area contributed by atoms with Crippen LogP contribution in [0, 0.1) is 6.92 Å². The Morgan fingerprint density at radius 1 is 1.35 bits per heavy atom. The van der Waals surface area contributed by atoms with Crippen molar-refractivity contribution in [1.82, 2.24) is 24.5 Å². The number of nitrogens with one attached hydrogen (secondary N) is 2. The maximum Gasteiger partial charge on any atom is 0.257 e. The van der Waals surface area contributed by atoms with Gasteiger partial charge in [0, 0.05) is 32.7 Å². The number of aromatic nitrogens is 2. The summed E-state index contributed by atoms with van der Waals surface area (Å²) in [7, 11) is -1.32. The molecule has 2 heterocycles. The van der Waals surface area contributed by atoms with Gasteiger partial charge in [-0.25, -0.2) is 18.1 Å². The third-order valence-corrected chi connectivity index (χ3v) is 4.88. The maximum atomic E-state index is 11.9. The van der Waals surface area contributed by atoms with Crippen LogP contribution >= 0.6 is 0 Å². The van der Waals surface area contributed by atoms with Gasteiger partial charge in [-0.05, 0) is 26.9 Å². The Bertz CT molecular complexity index is 520. The largest absolute Gasteiger partial charge is 0.332 e. The van der Waals surface area contributed by atoms with Gasteiger partial charge in [-0.3, -0.25) is 0 Å². The van der Waals surface area contributed by atoms with E-state index >= 15 is 0 Å². The van der Waals surface area contributed by atoms with Gasteiger partial charge in [0.1, 0.15) is 5.82 Å². The molecule has 20 heavy (non-hydrogen) atoms. The molecule has 1 aliphatic heterocycles. The maximum absolute atomic E-state index is 11.9. The molecule has 0 atom stereocenters. The van der Waals surface area contributed by atoms with Crippen LogP contribution in [0.5, 0.6) is 0 Å². The number of H-pyrrole nitrogens is 1. The zero-order valence-electron chi connectivity index (χ0n) is 12.1. The van der Waals surface area contributed by atoms with Crippen molar-refractivity contribution in [1.29, 1.82) is 0 Å². The molecule has 0 unspecified atom stereocenters. The molecular weight excluding hydrogens is 278 g/mol. The van der Waals surface area contributed by atoms with E-state index in [9.17, 15) is 8.42 Å². The number of aryl methyl sites for hydroxylation is 1. The second kappa shape index (κ2) is 6.66. The van der Waals surface area contributed by atoms with Gasteiger partial charge >= 0.3 is 0 Å². The minimum absolute atomic E-state index is 0.134. The topological polar surface area (TPSA) is 81.3 Å². The first kappa shape index (κ1) is 15.4. The van der Waals surface area contributed by atoms with Crippen molar-refractivity contribution >= 4 is 10.0 Å². The van der Waals surface area contributed by atoms with Crippen molar-refractivity contribution in [2.75, 3.05) is 46.3 Å². The summed E-state index contributed by atoms with van der Waals surface area (Å²) in [6.07, 6.45) is 2.16. The first-order valence-corrected chi connectivity index (χ1v) is 8.38. The lowest BCUT2D eigenvalue weighted by Gasteiger charge is -2.32. The fraction of sp³-hybridized carbons (Fsp3) is 0.750. The fourth-order valence-corrected chi connectivity index (χ4v) is 3.24. The van der Waals surface area contributed by atoms with Crippen LogP contribution < -0.4 is 4.72 Å². The average molecular weight is 301 g/mol. The molecule has 1 fully saturated rings. The summed E-state index contributed by atoms with van der Waals surface area (Å²) in [5.74, 6) is 0.600. The smallest absolute Gasteiger partial charge is 0.257 e. The molecule has 2 rings (SSSR count). The highest BCUT2D eigenvalue weighted by Crippen LogP contribution is 2.05. The molecule has 0 spiro atoms. The summed E-state index contributed by atoms with van der Waals surface area (Å²) in [4.78, 5) is 11.3. The average Bonchev–Trinajstić information content (AvgIpc) is 2.84. The molecule has 1 aliphatic rings. The van der Waals surface area contributed by atoms with Crippen molar-refractivity contribution in [3.63, 3.8) is 0 Å². The quantitative estimate of drug-likeness (QED) is 0.701. The lowest BCUT2D eigenvalue weighted by atomic mass is 10.3. The van der Waals surface area contributed by atoms with Gasteiger partial charge in [-0.15, -0.1) is 0 Å². The number of imidazole rings is 1. The molecule has 0 aromatic carbocycles. The number of aromatic amines is 1. The normalized spacial score (nSPS) is 18.5. The zero-order chi connectivity index (χ0) is 14.6. The van der Waals surface area contributed by atoms with Crippen molar-refractivity contribution in [3.05, 3.63) is 12.0 Å². The van der Waals surface area contributed by atoms with E-state index in [1.54, 1.807) is 6.92 Å². The van der Waals surface area contributed by atoms with Crippen molar-refractivity contribution in [2.24, 2.45) is 0 Å². The third kappa shape index (κ3) is 4.27. The summed E-state index contributed by atoms with van der Waals surface area (Å²) >= 11 is 0. The number of sulfonamides is 1.